The van der Waals surface area contributed by atoms with E-state index >= 15 is 0 Å². The van der Waals surface area contributed by atoms with Gasteiger partial charge in [0.1, 0.15) is 16.6 Å². The van der Waals surface area contributed by atoms with Crippen molar-refractivity contribution < 1.29 is 19.5 Å². The zero-order valence-corrected chi connectivity index (χ0v) is 10.3. The number of nitrogens with one attached hydrogen (secondary N) is 1. The maximum atomic E-state index is 10.9. The molecule has 1 aromatic rings. The van der Waals surface area contributed by atoms with Gasteiger partial charge in [-0.15, -0.1) is 0 Å². The molecule has 0 aliphatic rings. The second-order valence-electron chi connectivity index (χ2n) is 2.33. The summed E-state index contributed by atoms with van der Waals surface area (Å²) in [6.07, 6.45) is 0.447. The Balaban J connectivity index is 3.14. The fourth-order valence-corrected chi connectivity index (χ4v) is 2.22. The zero-order chi connectivity index (χ0) is 12.1. The minimum Gasteiger partial charge on any atom is -0.476 e. The Labute approximate surface area is 102 Å². The van der Waals surface area contributed by atoms with Gasteiger partial charge in [0.15, 0.2) is 5.13 Å². The Morgan fingerprint density at radius 2 is 2.44 bits per heavy atom. The molecule has 16 heavy (non-hydrogen) atoms. The van der Waals surface area contributed by atoms with Crippen LogP contribution in [0.1, 0.15) is 5.69 Å². The molecule has 1 rings (SSSR count). The van der Waals surface area contributed by atoms with E-state index < -0.39 is 5.97 Å². The number of hydrogen-bond acceptors (Lipinski definition) is 6. The molecular formula is C7H6BrN3O4S. The Hall–Kier alpha value is -1.48. The predicted molar refractivity (Wildman–Crippen MR) is 60.7 cm³/mol. The highest BCUT2D eigenvalue weighted by atomic mass is 79.9. The van der Waals surface area contributed by atoms with Crippen molar-refractivity contribution in [3.8, 4) is 0 Å². The standard InChI is InChI=1S/C7H6BrN3O4S/c1-15-11-4(6(13)14)3-5(8)16-7(10-3)9-2-12/h2H,1H3,(H,13,14)(H,9,10,12)/b11-4-. The Kier molecular flexibility index (Phi) is 4.38. The average molecular weight is 308 g/mol. The molecule has 0 bridgehead atoms. The SMILES string of the molecule is CO/N=C(\C(=O)O)c1nc(NC=O)sc1Br. The molecule has 0 radical (unpaired) electrons. The number of carbonyl (C=O) groups excluding carboxylic acids is 1. The van der Waals surface area contributed by atoms with E-state index in [1.807, 2.05) is 0 Å². The van der Waals surface area contributed by atoms with Crippen molar-refractivity contribution in [2.24, 2.45) is 5.16 Å². The van der Waals surface area contributed by atoms with Crippen molar-refractivity contribution in [2.45, 2.75) is 0 Å². The molecule has 1 aromatic heterocycles. The third-order valence-electron chi connectivity index (χ3n) is 1.38. The van der Waals surface area contributed by atoms with Crippen LogP contribution in [0.25, 0.3) is 0 Å². The van der Waals surface area contributed by atoms with Crippen molar-refractivity contribution >= 4 is 50.5 Å². The number of halogens is 1. The van der Waals surface area contributed by atoms with Gasteiger partial charge in [-0.3, -0.25) is 4.79 Å². The van der Waals surface area contributed by atoms with Crippen LogP contribution in [0, 0.1) is 0 Å². The predicted octanol–water partition coefficient (Wildman–Crippen LogP) is 0.909. The van der Waals surface area contributed by atoms with Gasteiger partial charge in [0.25, 0.3) is 0 Å². The highest BCUT2D eigenvalue weighted by Crippen LogP contribution is 2.28. The maximum absolute atomic E-state index is 10.9. The number of aromatic nitrogens is 1. The van der Waals surface area contributed by atoms with Crippen LogP contribution in [0.3, 0.4) is 0 Å². The molecule has 7 nitrogen and oxygen atoms in total. The van der Waals surface area contributed by atoms with E-state index in [0.29, 0.717) is 10.2 Å². The normalized spacial score (nSPS) is 11.0. The summed E-state index contributed by atoms with van der Waals surface area (Å²) in [4.78, 5) is 29.3. The molecular weight excluding hydrogens is 302 g/mol. The second-order valence-corrected chi connectivity index (χ2v) is 4.65. The topological polar surface area (TPSA) is 101 Å². The van der Waals surface area contributed by atoms with Crippen LogP contribution in [-0.4, -0.2) is 35.3 Å². The van der Waals surface area contributed by atoms with E-state index in [1.165, 1.54) is 7.11 Å². The molecule has 0 aromatic carbocycles. The summed E-state index contributed by atoms with van der Waals surface area (Å²) in [7, 11) is 1.23. The number of thiazole rings is 1. The van der Waals surface area contributed by atoms with E-state index in [2.05, 4.69) is 36.2 Å². The first kappa shape index (κ1) is 12.6. The summed E-state index contributed by atoms with van der Waals surface area (Å²) >= 11 is 4.20. The number of nitrogens with zero attached hydrogens (tertiary/aromatic N) is 2. The van der Waals surface area contributed by atoms with Gasteiger partial charge in [0.2, 0.25) is 12.1 Å². The third-order valence-corrected chi connectivity index (χ3v) is 3.01. The van der Waals surface area contributed by atoms with Crippen molar-refractivity contribution in [3.05, 3.63) is 9.48 Å². The molecule has 0 aliphatic heterocycles. The van der Waals surface area contributed by atoms with Gasteiger partial charge in [-0.2, -0.15) is 0 Å². The number of carboxylic acids is 1. The van der Waals surface area contributed by atoms with Crippen LogP contribution >= 0.6 is 27.3 Å². The highest BCUT2D eigenvalue weighted by molar-refractivity contribution is 9.11. The van der Waals surface area contributed by atoms with Gasteiger partial charge in [0.05, 0.1) is 0 Å². The number of carboxylic acid groups (broad SMARTS) is 1. The molecule has 0 saturated heterocycles. The van der Waals surface area contributed by atoms with E-state index in [9.17, 15) is 9.59 Å². The fraction of sp³-hybridized carbons (Fsp3) is 0.143. The summed E-state index contributed by atoms with van der Waals surface area (Å²) in [6, 6.07) is 0. The molecule has 0 fully saturated rings. The monoisotopic (exact) mass is 307 g/mol. The third kappa shape index (κ3) is 2.76. The summed E-state index contributed by atoms with van der Waals surface area (Å²) < 4.78 is 0.440. The smallest absolute Gasteiger partial charge is 0.360 e. The molecule has 0 saturated carbocycles. The first-order valence-electron chi connectivity index (χ1n) is 3.81. The van der Waals surface area contributed by atoms with Gasteiger partial charge in [-0.25, -0.2) is 9.78 Å². The van der Waals surface area contributed by atoms with Gasteiger partial charge >= 0.3 is 5.97 Å². The molecule has 86 valence electrons. The summed E-state index contributed by atoms with van der Waals surface area (Å²) in [5.74, 6) is -1.27. The van der Waals surface area contributed by atoms with Crippen molar-refractivity contribution in [3.63, 3.8) is 0 Å². The molecule has 9 heteroatoms. The largest absolute Gasteiger partial charge is 0.476 e. The molecule has 0 spiro atoms. The minimum atomic E-state index is -1.27. The molecule has 1 heterocycles. The number of carbonyl (C=O) groups is 2. The first-order valence-corrected chi connectivity index (χ1v) is 5.42. The highest BCUT2D eigenvalue weighted by Gasteiger charge is 2.21. The Morgan fingerprint density at radius 1 is 1.75 bits per heavy atom. The van der Waals surface area contributed by atoms with Crippen LogP contribution in [0.5, 0.6) is 0 Å². The fourth-order valence-electron chi connectivity index (χ4n) is 0.835. The number of oxime groups is 1. The van der Waals surface area contributed by atoms with Gasteiger partial charge in [0, 0.05) is 0 Å². The minimum absolute atomic E-state index is 0.101. The number of amides is 1. The van der Waals surface area contributed by atoms with Gasteiger partial charge in [-0.1, -0.05) is 16.5 Å². The van der Waals surface area contributed by atoms with Gasteiger partial charge in [-0.05, 0) is 15.9 Å². The van der Waals surface area contributed by atoms with E-state index in [4.69, 9.17) is 5.11 Å². The lowest BCUT2D eigenvalue weighted by Crippen LogP contribution is -2.16. The number of aliphatic carboxylic acids is 1. The van der Waals surface area contributed by atoms with Crippen LogP contribution < -0.4 is 5.32 Å². The van der Waals surface area contributed by atoms with E-state index in [1.54, 1.807) is 0 Å². The van der Waals surface area contributed by atoms with Crippen molar-refractivity contribution in [2.75, 3.05) is 12.4 Å². The summed E-state index contributed by atoms with van der Waals surface area (Å²) in [5.41, 5.74) is -0.242. The molecule has 1 amide bonds. The number of anilines is 1. The average Bonchev–Trinajstić information content (AvgIpc) is 2.56. The van der Waals surface area contributed by atoms with Crippen molar-refractivity contribution in [1.29, 1.82) is 0 Å². The quantitative estimate of drug-likeness (QED) is 0.478. The lowest BCUT2D eigenvalue weighted by Gasteiger charge is -1.96. The molecule has 2 N–H and O–H groups in total. The van der Waals surface area contributed by atoms with Crippen LogP contribution in [-0.2, 0) is 14.4 Å². The lowest BCUT2D eigenvalue weighted by molar-refractivity contribution is -0.129. The Morgan fingerprint density at radius 3 is 2.94 bits per heavy atom. The van der Waals surface area contributed by atoms with E-state index in [-0.39, 0.29) is 16.5 Å². The zero-order valence-electron chi connectivity index (χ0n) is 7.93. The molecule has 0 unspecified atom stereocenters. The molecule has 0 atom stereocenters. The second kappa shape index (κ2) is 5.56. The first-order chi connectivity index (χ1) is 7.60. The van der Waals surface area contributed by atoms with Crippen molar-refractivity contribution in [1.82, 2.24) is 4.98 Å². The molecule has 0 aliphatic carbocycles. The lowest BCUT2D eigenvalue weighted by atomic mass is 10.3. The summed E-state index contributed by atoms with van der Waals surface area (Å²) in [5, 5.41) is 14.8. The van der Waals surface area contributed by atoms with Crippen LogP contribution in [0.2, 0.25) is 0 Å². The maximum Gasteiger partial charge on any atom is 0.360 e. The van der Waals surface area contributed by atoms with Crippen LogP contribution in [0.4, 0.5) is 5.13 Å². The Bertz CT molecular complexity index is 445. The van der Waals surface area contributed by atoms with Crippen LogP contribution in [0.15, 0.2) is 8.94 Å². The number of hydrogen-bond donors (Lipinski definition) is 2. The summed E-state index contributed by atoms with van der Waals surface area (Å²) in [6.45, 7) is 0. The van der Waals surface area contributed by atoms with E-state index in [0.717, 1.165) is 11.3 Å². The number of rotatable bonds is 5. The van der Waals surface area contributed by atoms with Gasteiger partial charge < -0.3 is 15.3 Å².